The Hall–Kier alpha value is -4.02. The number of nitrogens with one attached hydrogen (secondary N) is 2. The van der Waals surface area contributed by atoms with Gasteiger partial charge in [-0.05, 0) is 66.5 Å². The second kappa shape index (κ2) is 10.4. The number of hydrogen-bond donors (Lipinski definition) is 3. The molecule has 1 aliphatic rings. The number of para-hydroxylation sites is 1. The van der Waals surface area contributed by atoms with Crippen LogP contribution in [-0.2, 0) is 10.3 Å². The van der Waals surface area contributed by atoms with Crippen LogP contribution >= 0.6 is 0 Å². The van der Waals surface area contributed by atoms with Crippen LogP contribution in [0.25, 0.3) is 10.9 Å². The van der Waals surface area contributed by atoms with Gasteiger partial charge in [-0.2, -0.15) is 5.10 Å². The molecule has 0 atom stereocenters. The van der Waals surface area contributed by atoms with Crippen molar-refractivity contribution in [1.82, 2.24) is 35.5 Å². The van der Waals surface area contributed by atoms with Crippen molar-refractivity contribution < 1.29 is 14.3 Å². The SMILES string of the molecule is COc1cccc2c(N)nc(C3CC(c4ncc(C(C)(C)NC(=O)OC(C)(C)C)nc4C)C3)[nH]ncnc12. The van der Waals surface area contributed by atoms with Crippen molar-refractivity contribution >= 4 is 22.8 Å². The van der Waals surface area contributed by atoms with Gasteiger partial charge in [-0.3, -0.25) is 15.1 Å². The van der Waals surface area contributed by atoms with Gasteiger partial charge in [-0.1, -0.05) is 6.07 Å². The standard InChI is InChI=1S/C27H36N8O3/c1-15-21(29-13-20(32-15)27(5,6)34-25(36)38-26(2,3)4)16-11-17(12-16)24-33-23(28)18-9-8-10-19(37-7)22(18)30-14-31-35-24/h8-10,13-14,16-17H,11-12,28H2,1-7H3,(H,33,35)(H,34,36). The highest BCUT2D eigenvalue weighted by Gasteiger charge is 2.36. The lowest BCUT2D eigenvalue weighted by Gasteiger charge is -2.35. The summed E-state index contributed by atoms with van der Waals surface area (Å²) >= 11 is 0. The first-order valence-electron chi connectivity index (χ1n) is 12.6. The van der Waals surface area contributed by atoms with Crippen molar-refractivity contribution in [1.29, 1.82) is 0 Å². The van der Waals surface area contributed by atoms with E-state index in [1.54, 1.807) is 13.3 Å². The van der Waals surface area contributed by atoms with Gasteiger partial charge in [-0.25, -0.2) is 14.8 Å². The number of alkyl carbamates (subject to hydrolysis) is 1. The quantitative estimate of drug-likeness (QED) is 0.438. The maximum atomic E-state index is 12.3. The van der Waals surface area contributed by atoms with Crippen molar-refractivity contribution in [2.45, 2.75) is 77.4 Å². The molecule has 1 aliphatic carbocycles. The van der Waals surface area contributed by atoms with Crippen LogP contribution in [0.4, 0.5) is 10.6 Å². The molecule has 0 bridgehead atoms. The van der Waals surface area contributed by atoms with E-state index >= 15 is 0 Å². The Bertz CT molecular complexity index is 1390. The van der Waals surface area contributed by atoms with Crippen molar-refractivity contribution in [3.63, 3.8) is 0 Å². The van der Waals surface area contributed by atoms with Gasteiger partial charge in [0.25, 0.3) is 0 Å². The molecule has 0 radical (unpaired) electrons. The number of carbonyl (C=O) groups is 1. The molecule has 1 aromatic carbocycles. The Morgan fingerprint density at radius 1 is 1.11 bits per heavy atom. The van der Waals surface area contributed by atoms with Crippen LogP contribution in [0.15, 0.2) is 30.7 Å². The van der Waals surface area contributed by atoms with Gasteiger partial charge in [0.1, 0.15) is 34.8 Å². The van der Waals surface area contributed by atoms with E-state index in [1.807, 2.05) is 59.7 Å². The first kappa shape index (κ1) is 27.0. The van der Waals surface area contributed by atoms with E-state index in [-0.39, 0.29) is 11.8 Å². The number of nitrogens with two attached hydrogens (primary N) is 1. The monoisotopic (exact) mass is 520 g/mol. The lowest BCUT2D eigenvalue weighted by Crippen LogP contribution is -2.44. The van der Waals surface area contributed by atoms with E-state index in [2.05, 4.69) is 25.5 Å². The minimum Gasteiger partial charge on any atom is -0.494 e. The third-order valence-electron chi connectivity index (χ3n) is 6.51. The number of H-pyrrole nitrogens is 1. The second-order valence-electron chi connectivity index (χ2n) is 11.1. The van der Waals surface area contributed by atoms with Gasteiger partial charge in [0, 0.05) is 17.2 Å². The minimum absolute atomic E-state index is 0.133. The molecule has 2 aromatic heterocycles. The van der Waals surface area contributed by atoms with E-state index in [1.165, 1.54) is 6.33 Å². The van der Waals surface area contributed by atoms with E-state index < -0.39 is 17.2 Å². The molecule has 11 nitrogen and oxygen atoms in total. The van der Waals surface area contributed by atoms with Crippen LogP contribution in [0.2, 0.25) is 0 Å². The van der Waals surface area contributed by atoms with Crippen molar-refractivity contribution in [2.75, 3.05) is 12.8 Å². The number of carbonyl (C=O) groups excluding carboxylic acids is 1. The van der Waals surface area contributed by atoms with Crippen LogP contribution in [0.3, 0.4) is 0 Å². The molecular formula is C27H36N8O3. The zero-order valence-electron chi connectivity index (χ0n) is 23.0. The molecule has 2 heterocycles. The zero-order valence-corrected chi connectivity index (χ0v) is 23.0. The summed E-state index contributed by atoms with van der Waals surface area (Å²) in [6, 6.07) is 5.53. The number of aryl methyl sites for hydroxylation is 1. The Morgan fingerprint density at radius 2 is 1.84 bits per heavy atom. The number of nitrogen functional groups attached to an aromatic ring is 1. The summed E-state index contributed by atoms with van der Waals surface area (Å²) in [7, 11) is 1.59. The Labute approximate surface area is 222 Å². The number of hydrogen-bond acceptors (Lipinski definition) is 9. The highest BCUT2D eigenvalue weighted by atomic mass is 16.6. The smallest absolute Gasteiger partial charge is 0.408 e. The number of anilines is 1. The number of ether oxygens (including phenoxy) is 2. The van der Waals surface area contributed by atoms with Crippen LogP contribution in [-0.4, -0.2) is 48.9 Å². The van der Waals surface area contributed by atoms with Gasteiger partial charge in [-0.15, -0.1) is 0 Å². The molecule has 11 heteroatoms. The van der Waals surface area contributed by atoms with Crippen LogP contribution in [0, 0.1) is 6.92 Å². The molecule has 4 N–H and O–H groups in total. The molecule has 202 valence electrons. The largest absolute Gasteiger partial charge is 0.494 e. The molecular weight excluding hydrogens is 484 g/mol. The van der Waals surface area contributed by atoms with Gasteiger partial charge in [0.2, 0.25) is 0 Å². The normalized spacial score (nSPS) is 17.3. The molecule has 0 aliphatic heterocycles. The van der Waals surface area contributed by atoms with Gasteiger partial charge in [0.05, 0.1) is 35.9 Å². The number of benzene rings is 1. The summed E-state index contributed by atoms with van der Waals surface area (Å²) in [5.74, 6) is 1.99. The van der Waals surface area contributed by atoms with Crippen molar-refractivity contribution in [3.05, 3.63) is 53.6 Å². The number of rotatable bonds is 5. The molecule has 38 heavy (non-hydrogen) atoms. The highest BCUT2D eigenvalue weighted by molar-refractivity contribution is 5.91. The fraction of sp³-hybridized carbons (Fsp3) is 0.481. The van der Waals surface area contributed by atoms with Gasteiger partial charge >= 0.3 is 6.09 Å². The number of fused-ring (bicyclic) bond motifs is 1. The van der Waals surface area contributed by atoms with Gasteiger partial charge in [0.15, 0.2) is 0 Å². The third-order valence-corrected chi connectivity index (χ3v) is 6.51. The number of nitrogens with zero attached hydrogens (tertiary/aromatic N) is 5. The molecule has 1 saturated carbocycles. The minimum atomic E-state index is -0.744. The average molecular weight is 521 g/mol. The lowest BCUT2D eigenvalue weighted by molar-refractivity contribution is 0.0468. The second-order valence-corrected chi connectivity index (χ2v) is 11.1. The first-order valence-corrected chi connectivity index (χ1v) is 12.6. The van der Waals surface area contributed by atoms with Crippen molar-refractivity contribution in [2.24, 2.45) is 0 Å². The predicted octanol–water partition coefficient (Wildman–Crippen LogP) is 4.59. The zero-order chi connectivity index (χ0) is 27.7. The highest BCUT2D eigenvalue weighted by Crippen LogP contribution is 2.46. The molecule has 4 rings (SSSR count). The maximum Gasteiger partial charge on any atom is 0.408 e. The summed E-state index contributed by atoms with van der Waals surface area (Å²) < 4.78 is 10.8. The Morgan fingerprint density at radius 3 is 2.50 bits per heavy atom. The van der Waals surface area contributed by atoms with Crippen LogP contribution in [0.1, 0.15) is 82.2 Å². The molecule has 0 saturated heterocycles. The number of aromatic nitrogens is 6. The fourth-order valence-corrected chi connectivity index (χ4v) is 4.49. The van der Waals surface area contributed by atoms with E-state index in [4.69, 9.17) is 25.2 Å². The summed E-state index contributed by atoms with van der Waals surface area (Å²) in [4.78, 5) is 30.9. The van der Waals surface area contributed by atoms with Gasteiger partial charge < -0.3 is 20.5 Å². The topological polar surface area (TPSA) is 154 Å². The van der Waals surface area contributed by atoms with E-state index in [0.717, 1.165) is 24.2 Å². The lowest BCUT2D eigenvalue weighted by atomic mass is 9.72. The number of methoxy groups -OCH3 is 1. The molecule has 1 fully saturated rings. The third kappa shape index (κ3) is 5.92. The van der Waals surface area contributed by atoms with Crippen LogP contribution < -0.4 is 15.8 Å². The molecule has 1 amide bonds. The average Bonchev–Trinajstić information content (AvgIpc) is 2.86. The molecule has 0 spiro atoms. The van der Waals surface area contributed by atoms with E-state index in [9.17, 15) is 4.79 Å². The van der Waals surface area contributed by atoms with Crippen LogP contribution in [0.5, 0.6) is 5.75 Å². The fourth-order valence-electron chi connectivity index (χ4n) is 4.49. The first-order chi connectivity index (χ1) is 17.9. The Balaban J connectivity index is 1.51. The van der Waals surface area contributed by atoms with Crippen molar-refractivity contribution in [3.8, 4) is 5.75 Å². The summed E-state index contributed by atoms with van der Waals surface area (Å²) in [5, 5.41) is 10.8. The maximum absolute atomic E-state index is 12.3. The summed E-state index contributed by atoms with van der Waals surface area (Å²) in [6.07, 6.45) is 4.32. The summed E-state index contributed by atoms with van der Waals surface area (Å²) in [5.41, 5.74) is 8.06. The predicted molar refractivity (Wildman–Crippen MR) is 144 cm³/mol. The molecule has 3 aromatic rings. The molecule has 0 unspecified atom stereocenters. The Kier molecular flexibility index (Phi) is 7.39. The number of amides is 1. The number of aromatic amines is 1. The van der Waals surface area contributed by atoms with E-state index in [0.29, 0.717) is 34.0 Å². The summed E-state index contributed by atoms with van der Waals surface area (Å²) in [6.45, 7) is 11.2.